The molecule has 8 heteroatoms. The van der Waals surface area contributed by atoms with Crippen molar-refractivity contribution < 1.29 is 29.0 Å². The third kappa shape index (κ3) is 8.29. The lowest BCUT2D eigenvalue weighted by atomic mass is 10.1. The maximum atomic E-state index is 13.2. The molecule has 0 aliphatic carbocycles. The molecule has 2 aromatic carbocycles. The molecule has 2 amide bonds. The van der Waals surface area contributed by atoms with Crippen LogP contribution < -0.4 is 10.1 Å². The highest BCUT2D eigenvalue weighted by Crippen LogP contribution is 2.25. The number of hydrogen-bond acceptors (Lipinski definition) is 5. The fraction of sp³-hybridized carbons (Fsp3) is 0.464. The molecule has 2 aromatic rings. The first-order valence-electron chi connectivity index (χ1n) is 12.7. The molecule has 1 heterocycles. The second-order valence-corrected chi connectivity index (χ2v) is 9.01. The van der Waals surface area contributed by atoms with Crippen LogP contribution in [0.4, 0.5) is 4.79 Å². The zero-order chi connectivity index (χ0) is 25.8. The fourth-order valence-corrected chi connectivity index (χ4v) is 4.11. The molecule has 2 N–H and O–H groups in total. The topological polar surface area (TPSA) is 105 Å². The average molecular weight is 497 g/mol. The summed E-state index contributed by atoms with van der Waals surface area (Å²) in [7, 11) is 0. The Bertz CT molecular complexity index is 1060. The highest BCUT2D eigenvalue weighted by molar-refractivity contribution is 5.94. The lowest BCUT2D eigenvalue weighted by Gasteiger charge is -2.18. The van der Waals surface area contributed by atoms with Crippen molar-refractivity contribution in [2.75, 3.05) is 26.3 Å². The van der Waals surface area contributed by atoms with Crippen LogP contribution in [0.1, 0.15) is 51.9 Å². The first kappa shape index (κ1) is 27.0. The average Bonchev–Trinajstić information content (AvgIpc) is 3.34. The summed E-state index contributed by atoms with van der Waals surface area (Å²) >= 11 is 0. The number of rotatable bonds is 13. The van der Waals surface area contributed by atoms with E-state index in [-0.39, 0.29) is 31.1 Å². The van der Waals surface area contributed by atoms with E-state index in [2.05, 4.69) is 5.32 Å². The lowest BCUT2D eigenvalue weighted by Crippen LogP contribution is -2.40. The Labute approximate surface area is 212 Å². The molecule has 0 saturated carbocycles. The second-order valence-electron chi connectivity index (χ2n) is 9.01. The normalized spacial score (nSPS) is 15.6. The number of amides is 2. The second kappa shape index (κ2) is 14.1. The lowest BCUT2D eigenvalue weighted by molar-refractivity contribution is -0.137. The van der Waals surface area contributed by atoms with E-state index in [0.29, 0.717) is 56.7 Å². The number of hydrogen-bond donors (Lipinski definition) is 2. The molecule has 1 unspecified atom stereocenters. The van der Waals surface area contributed by atoms with Gasteiger partial charge in [-0.05, 0) is 43.6 Å². The SMILES string of the molecule is CCCCOC(=O)N1CCC(NC(=O)C(=CCCCCC(=O)O)COc2cccc3ccccc23)C1. The van der Waals surface area contributed by atoms with Crippen molar-refractivity contribution in [1.82, 2.24) is 10.2 Å². The number of aliphatic carboxylic acids is 1. The third-order valence-corrected chi connectivity index (χ3v) is 6.17. The molecule has 0 spiro atoms. The van der Waals surface area contributed by atoms with Gasteiger partial charge in [0.05, 0.1) is 12.2 Å². The number of nitrogens with one attached hydrogen (secondary N) is 1. The number of nitrogens with zero attached hydrogens (tertiary/aromatic N) is 1. The van der Waals surface area contributed by atoms with Gasteiger partial charge in [-0.15, -0.1) is 0 Å². The summed E-state index contributed by atoms with van der Waals surface area (Å²) in [6, 6.07) is 13.5. The Morgan fingerprint density at radius 3 is 2.72 bits per heavy atom. The van der Waals surface area contributed by atoms with E-state index in [1.54, 1.807) is 4.90 Å². The number of unbranched alkanes of at least 4 members (excludes halogenated alkanes) is 3. The van der Waals surface area contributed by atoms with Crippen molar-refractivity contribution in [3.63, 3.8) is 0 Å². The standard InChI is InChI=1S/C28H36N2O6/c1-2-3-18-35-28(34)30-17-16-23(19-30)29-27(33)22(11-5-4-6-15-26(31)32)20-36-25-14-9-12-21-10-7-8-13-24(21)25/h7-14,23H,2-6,15-20H2,1H3,(H,29,33)(H,31,32). The number of carbonyl (C=O) groups is 3. The maximum Gasteiger partial charge on any atom is 0.409 e. The van der Waals surface area contributed by atoms with Crippen molar-refractivity contribution in [3.05, 3.63) is 54.1 Å². The molecule has 0 bridgehead atoms. The van der Waals surface area contributed by atoms with Gasteiger partial charge < -0.3 is 24.8 Å². The summed E-state index contributed by atoms with van der Waals surface area (Å²) in [6.07, 6.45) is 5.83. The van der Waals surface area contributed by atoms with Gasteiger partial charge in [-0.1, -0.05) is 55.8 Å². The maximum absolute atomic E-state index is 13.2. The largest absolute Gasteiger partial charge is 0.488 e. The Morgan fingerprint density at radius 1 is 1.11 bits per heavy atom. The van der Waals surface area contributed by atoms with Crippen molar-refractivity contribution in [2.24, 2.45) is 0 Å². The number of carbonyl (C=O) groups excluding carboxylic acids is 2. The molecule has 1 aliphatic heterocycles. The third-order valence-electron chi connectivity index (χ3n) is 6.17. The van der Waals surface area contributed by atoms with Crippen molar-refractivity contribution in [2.45, 2.75) is 57.9 Å². The predicted octanol–water partition coefficient (Wildman–Crippen LogP) is 4.92. The van der Waals surface area contributed by atoms with Crippen LogP contribution in [-0.2, 0) is 14.3 Å². The van der Waals surface area contributed by atoms with E-state index in [9.17, 15) is 14.4 Å². The van der Waals surface area contributed by atoms with E-state index in [1.807, 2.05) is 55.5 Å². The minimum absolute atomic E-state index is 0.0915. The Balaban J connectivity index is 1.61. The molecule has 1 aliphatic rings. The zero-order valence-electron chi connectivity index (χ0n) is 20.9. The van der Waals surface area contributed by atoms with Crippen LogP contribution in [0, 0.1) is 0 Å². The van der Waals surface area contributed by atoms with Gasteiger partial charge in [0, 0.05) is 30.9 Å². The van der Waals surface area contributed by atoms with Crippen molar-refractivity contribution in [3.8, 4) is 5.75 Å². The fourth-order valence-electron chi connectivity index (χ4n) is 4.11. The molecule has 1 saturated heterocycles. The number of ether oxygens (including phenoxy) is 2. The van der Waals surface area contributed by atoms with Gasteiger partial charge in [-0.3, -0.25) is 9.59 Å². The van der Waals surface area contributed by atoms with Gasteiger partial charge in [0.2, 0.25) is 0 Å². The number of carboxylic acids is 1. The molecular formula is C28H36N2O6. The van der Waals surface area contributed by atoms with Gasteiger partial charge in [0.1, 0.15) is 12.4 Å². The Morgan fingerprint density at radius 2 is 1.92 bits per heavy atom. The van der Waals surface area contributed by atoms with Crippen LogP contribution in [0.3, 0.4) is 0 Å². The van der Waals surface area contributed by atoms with Crippen LogP contribution in [0.25, 0.3) is 10.8 Å². The van der Waals surface area contributed by atoms with Crippen LogP contribution in [-0.4, -0.2) is 60.3 Å². The first-order valence-corrected chi connectivity index (χ1v) is 12.7. The van der Waals surface area contributed by atoms with Gasteiger partial charge in [-0.2, -0.15) is 0 Å². The van der Waals surface area contributed by atoms with Gasteiger partial charge >= 0.3 is 12.1 Å². The van der Waals surface area contributed by atoms with Crippen molar-refractivity contribution >= 4 is 28.7 Å². The summed E-state index contributed by atoms with van der Waals surface area (Å²) in [6.45, 7) is 3.48. The predicted molar refractivity (Wildman–Crippen MR) is 138 cm³/mol. The summed E-state index contributed by atoms with van der Waals surface area (Å²) in [5, 5.41) is 13.9. The van der Waals surface area contributed by atoms with E-state index in [0.717, 1.165) is 23.6 Å². The molecule has 3 rings (SSSR count). The van der Waals surface area contributed by atoms with E-state index < -0.39 is 5.97 Å². The molecular weight excluding hydrogens is 460 g/mol. The Kier molecular flexibility index (Phi) is 10.6. The van der Waals surface area contributed by atoms with Crippen molar-refractivity contribution in [1.29, 1.82) is 0 Å². The number of fused-ring (bicyclic) bond motifs is 1. The number of carboxylic acid groups (broad SMARTS) is 1. The van der Waals surface area contributed by atoms with Gasteiger partial charge in [0.25, 0.3) is 5.91 Å². The summed E-state index contributed by atoms with van der Waals surface area (Å²) < 4.78 is 11.4. The first-order chi connectivity index (χ1) is 17.5. The number of likely N-dealkylation sites (tertiary alicyclic amines) is 1. The van der Waals surface area contributed by atoms with Gasteiger partial charge in [0.15, 0.2) is 0 Å². The Hall–Kier alpha value is -3.55. The molecule has 0 radical (unpaired) electrons. The monoisotopic (exact) mass is 496 g/mol. The molecule has 1 atom stereocenters. The van der Waals surface area contributed by atoms with Gasteiger partial charge in [-0.25, -0.2) is 4.79 Å². The van der Waals surface area contributed by atoms with Crippen LogP contribution in [0.5, 0.6) is 5.75 Å². The molecule has 36 heavy (non-hydrogen) atoms. The highest BCUT2D eigenvalue weighted by Gasteiger charge is 2.29. The molecule has 0 aromatic heterocycles. The summed E-state index contributed by atoms with van der Waals surface area (Å²) in [5.74, 6) is -0.366. The van der Waals surface area contributed by atoms with E-state index in [1.165, 1.54) is 0 Å². The molecule has 194 valence electrons. The zero-order valence-corrected chi connectivity index (χ0v) is 20.9. The quantitative estimate of drug-likeness (QED) is 0.301. The van der Waals surface area contributed by atoms with E-state index in [4.69, 9.17) is 14.6 Å². The van der Waals surface area contributed by atoms with Crippen LogP contribution in [0.15, 0.2) is 54.1 Å². The van der Waals surface area contributed by atoms with Crippen LogP contribution in [0.2, 0.25) is 0 Å². The minimum Gasteiger partial charge on any atom is -0.488 e. The molecule has 1 fully saturated rings. The number of benzene rings is 2. The number of allylic oxidation sites excluding steroid dienone is 1. The smallest absolute Gasteiger partial charge is 0.409 e. The van der Waals surface area contributed by atoms with Crippen LogP contribution >= 0.6 is 0 Å². The summed E-state index contributed by atoms with van der Waals surface area (Å²) in [5.41, 5.74) is 0.488. The molecule has 8 nitrogen and oxygen atoms in total. The van der Waals surface area contributed by atoms with E-state index >= 15 is 0 Å². The summed E-state index contributed by atoms with van der Waals surface area (Å²) in [4.78, 5) is 37.8. The minimum atomic E-state index is -0.824. The highest BCUT2D eigenvalue weighted by atomic mass is 16.6.